The lowest BCUT2D eigenvalue weighted by Crippen LogP contribution is -2.45. The summed E-state index contributed by atoms with van der Waals surface area (Å²) >= 11 is 0. The lowest BCUT2D eigenvalue weighted by Gasteiger charge is -2.22. The minimum absolute atomic E-state index is 0.140. The van der Waals surface area contributed by atoms with Crippen molar-refractivity contribution in [3.05, 3.63) is 54.0 Å². The van der Waals surface area contributed by atoms with Gasteiger partial charge in [0, 0.05) is 51.3 Å². The molecule has 1 aromatic heterocycles. The van der Waals surface area contributed by atoms with Crippen molar-refractivity contribution in [3.8, 4) is 11.8 Å². The van der Waals surface area contributed by atoms with Crippen LogP contribution in [0.4, 0.5) is 21.8 Å². The van der Waals surface area contributed by atoms with Gasteiger partial charge in [0.2, 0.25) is 17.8 Å². The smallest absolute Gasteiger partial charge is 0.247 e. The Labute approximate surface area is 222 Å². The van der Waals surface area contributed by atoms with Gasteiger partial charge in [-0.3, -0.25) is 9.59 Å². The molecular formula is C27H34FN7O3. The van der Waals surface area contributed by atoms with Crippen LogP contribution in [0.15, 0.2) is 42.6 Å². The van der Waals surface area contributed by atoms with Gasteiger partial charge < -0.3 is 30.9 Å². The van der Waals surface area contributed by atoms with Crippen molar-refractivity contribution in [3.63, 3.8) is 0 Å². The lowest BCUT2D eigenvalue weighted by molar-refractivity contribution is -0.135. The number of nitrogens with zero attached hydrogens (tertiary/aromatic N) is 4. The molecular weight excluding hydrogens is 489 g/mol. The van der Waals surface area contributed by atoms with Gasteiger partial charge >= 0.3 is 0 Å². The van der Waals surface area contributed by atoms with E-state index in [1.165, 1.54) is 23.1 Å². The number of carbonyl (C=O) groups excluding carboxylic acids is 2. The topological polar surface area (TPSA) is 123 Å². The van der Waals surface area contributed by atoms with Crippen LogP contribution in [0.1, 0.15) is 24.8 Å². The van der Waals surface area contributed by atoms with Crippen LogP contribution in [0.5, 0.6) is 0 Å². The Kier molecular flexibility index (Phi) is 10.6. The fourth-order valence-electron chi connectivity index (χ4n) is 3.85. The first-order valence-corrected chi connectivity index (χ1v) is 12.4. The summed E-state index contributed by atoms with van der Waals surface area (Å²) in [5.41, 5.74) is 1.14. The SMILES string of the molecule is CNc1nc(Nc2cccc(F)c2)ncc1C#CCCCNC(=O)C1C[C@H](O)CN1C(=O)/C=C/CN(C)C. The molecule has 11 heteroatoms. The molecule has 2 aromatic rings. The number of rotatable bonds is 10. The standard InChI is InChI=1S/C27H34FN7O3/c1-29-25-19(17-31-27(33-25)32-21-11-7-10-20(28)15-21)9-5-4-6-13-30-26(38)23-16-22(36)18-35(23)24(37)12-8-14-34(2)3/h7-8,10-12,15,17,22-23,36H,4,6,13-14,16,18H2,1-3H3,(H,30,38)(H2,29,31,32,33)/b12-8+/t22-,23?/m0/s1. The van der Waals surface area contributed by atoms with E-state index in [2.05, 4.69) is 37.8 Å². The fraction of sp³-hybridized carbons (Fsp3) is 0.407. The quantitative estimate of drug-likeness (QED) is 0.211. The van der Waals surface area contributed by atoms with Crippen LogP contribution in [-0.2, 0) is 9.59 Å². The molecule has 4 N–H and O–H groups in total. The van der Waals surface area contributed by atoms with E-state index in [1.807, 2.05) is 19.0 Å². The maximum Gasteiger partial charge on any atom is 0.247 e. The molecule has 1 aliphatic rings. The number of halogens is 1. The summed E-state index contributed by atoms with van der Waals surface area (Å²) in [5, 5.41) is 18.8. The predicted octanol–water partition coefficient (Wildman–Crippen LogP) is 1.73. The van der Waals surface area contributed by atoms with Gasteiger partial charge in [0.05, 0.1) is 17.9 Å². The Morgan fingerprint density at radius 3 is 2.89 bits per heavy atom. The number of β-amino-alcohol motifs (C(OH)–C–C–N with tert-alkyl or cyclic N) is 1. The number of nitrogens with one attached hydrogen (secondary N) is 3. The first kappa shape index (κ1) is 28.6. The monoisotopic (exact) mass is 523 g/mol. The summed E-state index contributed by atoms with van der Waals surface area (Å²) < 4.78 is 13.4. The minimum Gasteiger partial charge on any atom is -0.391 e. The second kappa shape index (κ2) is 14.1. The molecule has 2 amide bonds. The highest BCUT2D eigenvalue weighted by molar-refractivity contribution is 5.93. The highest BCUT2D eigenvalue weighted by atomic mass is 19.1. The van der Waals surface area contributed by atoms with Gasteiger partial charge in [-0.1, -0.05) is 24.0 Å². The van der Waals surface area contributed by atoms with Gasteiger partial charge in [-0.05, 0) is 38.7 Å². The van der Waals surface area contributed by atoms with Crippen LogP contribution >= 0.6 is 0 Å². The Balaban J connectivity index is 1.48. The maximum absolute atomic E-state index is 13.4. The molecule has 3 rings (SSSR count). The normalized spacial score (nSPS) is 16.8. The number of aliphatic hydroxyl groups is 1. The highest BCUT2D eigenvalue weighted by Crippen LogP contribution is 2.19. The van der Waals surface area contributed by atoms with Gasteiger partial charge in [-0.25, -0.2) is 9.37 Å². The largest absolute Gasteiger partial charge is 0.391 e. The van der Waals surface area contributed by atoms with Crippen LogP contribution in [0, 0.1) is 17.7 Å². The average Bonchev–Trinajstić information content (AvgIpc) is 3.28. The Bertz CT molecular complexity index is 1210. The maximum atomic E-state index is 13.4. The molecule has 1 aromatic carbocycles. The minimum atomic E-state index is -0.721. The van der Waals surface area contributed by atoms with E-state index in [-0.39, 0.29) is 30.6 Å². The molecule has 1 saturated heterocycles. The molecule has 2 atom stereocenters. The first-order chi connectivity index (χ1) is 18.3. The number of likely N-dealkylation sites (tertiary alicyclic amines) is 1. The van der Waals surface area contributed by atoms with E-state index in [4.69, 9.17) is 0 Å². The summed E-state index contributed by atoms with van der Waals surface area (Å²) in [7, 11) is 5.51. The van der Waals surface area contributed by atoms with Crippen LogP contribution in [0.25, 0.3) is 0 Å². The number of hydrogen-bond donors (Lipinski definition) is 4. The zero-order chi connectivity index (χ0) is 27.5. The van der Waals surface area contributed by atoms with E-state index < -0.39 is 12.1 Å². The zero-order valence-electron chi connectivity index (χ0n) is 21.9. The van der Waals surface area contributed by atoms with E-state index >= 15 is 0 Å². The van der Waals surface area contributed by atoms with Gasteiger partial charge in [0.25, 0.3) is 0 Å². The van der Waals surface area contributed by atoms with Gasteiger partial charge in [0.15, 0.2) is 0 Å². The average molecular weight is 524 g/mol. The third kappa shape index (κ3) is 8.54. The van der Waals surface area contributed by atoms with Crippen molar-refractivity contribution in [2.75, 3.05) is 51.4 Å². The number of hydrogen-bond acceptors (Lipinski definition) is 8. The second-order valence-corrected chi connectivity index (χ2v) is 9.10. The van der Waals surface area contributed by atoms with Crippen LogP contribution in [-0.4, -0.2) is 89.6 Å². The Morgan fingerprint density at radius 2 is 2.16 bits per heavy atom. The van der Waals surface area contributed by atoms with Crippen LogP contribution < -0.4 is 16.0 Å². The molecule has 10 nitrogen and oxygen atoms in total. The zero-order valence-corrected chi connectivity index (χ0v) is 21.9. The number of anilines is 3. The van der Waals surface area contributed by atoms with E-state index in [0.717, 1.165) is 0 Å². The molecule has 1 aliphatic heterocycles. The third-order valence-corrected chi connectivity index (χ3v) is 5.70. The fourth-order valence-corrected chi connectivity index (χ4v) is 3.85. The first-order valence-electron chi connectivity index (χ1n) is 12.4. The van der Waals surface area contributed by atoms with Crippen molar-refractivity contribution >= 4 is 29.3 Å². The summed E-state index contributed by atoms with van der Waals surface area (Å²) in [4.78, 5) is 37.1. The van der Waals surface area contributed by atoms with Crippen LogP contribution in [0.2, 0.25) is 0 Å². The molecule has 38 heavy (non-hydrogen) atoms. The number of aromatic nitrogens is 2. The Hall–Kier alpha value is -4.01. The number of carbonyl (C=O) groups is 2. The summed E-state index contributed by atoms with van der Waals surface area (Å²) in [6.07, 6.45) is 5.40. The molecule has 1 unspecified atom stereocenters. The van der Waals surface area contributed by atoms with Crippen molar-refractivity contribution < 1.29 is 19.1 Å². The molecule has 0 spiro atoms. The number of benzene rings is 1. The van der Waals surface area contributed by atoms with Gasteiger partial charge in [0.1, 0.15) is 17.7 Å². The summed E-state index contributed by atoms with van der Waals surface area (Å²) in [6.45, 7) is 1.14. The number of likely N-dealkylation sites (N-methyl/N-ethyl adjacent to an activating group) is 1. The Morgan fingerprint density at radius 1 is 1.34 bits per heavy atom. The number of amides is 2. The van der Waals surface area contributed by atoms with Gasteiger partial charge in [-0.15, -0.1) is 0 Å². The molecule has 0 bridgehead atoms. The lowest BCUT2D eigenvalue weighted by atomic mass is 10.2. The molecule has 202 valence electrons. The van der Waals surface area contributed by atoms with Crippen molar-refractivity contribution in [1.82, 2.24) is 25.1 Å². The molecule has 0 saturated carbocycles. The van der Waals surface area contributed by atoms with Crippen molar-refractivity contribution in [2.45, 2.75) is 31.4 Å². The molecule has 2 heterocycles. The second-order valence-electron chi connectivity index (χ2n) is 9.10. The van der Waals surface area contributed by atoms with Crippen LogP contribution in [0.3, 0.4) is 0 Å². The number of aliphatic hydroxyl groups excluding tert-OH is 1. The highest BCUT2D eigenvalue weighted by Gasteiger charge is 2.37. The van der Waals surface area contributed by atoms with Gasteiger partial charge in [-0.2, -0.15) is 4.98 Å². The summed E-state index contributed by atoms with van der Waals surface area (Å²) in [6, 6.07) is 5.32. The third-order valence-electron chi connectivity index (χ3n) is 5.70. The number of unbranched alkanes of at least 4 members (excludes halogenated alkanes) is 1. The van der Waals surface area contributed by atoms with E-state index in [9.17, 15) is 19.1 Å². The van der Waals surface area contributed by atoms with Crippen molar-refractivity contribution in [2.24, 2.45) is 0 Å². The molecule has 0 aliphatic carbocycles. The predicted molar refractivity (Wildman–Crippen MR) is 144 cm³/mol. The van der Waals surface area contributed by atoms with E-state index in [0.29, 0.717) is 48.9 Å². The molecule has 1 fully saturated rings. The summed E-state index contributed by atoms with van der Waals surface area (Å²) in [5.74, 6) is 6.00. The van der Waals surface area contributed by atoms with Crippen molar-refractivity contribution in [1.29, 1.82) is 0 Å². The molecule has 0 radical (unpaired) electrons. The van der Waals surface area contributed by atoms with E-state index in [1.54, 1.807) is 31.5 Å².